The summed E-state index contributed by atoms with van der Waals surface area (Å²) in [5.74, 6) is -0.683. The lowest BCUT2D eigenvalue weighted by Crippen LogP contribution is -3.13. The van der Waals surface area contributed by atoms with E-state index in [-0.39, 0.29) is 11.5 Å². The van der Waals surface area contributed by atoms with Gasteiger partial charge in [-0.3, -0.25) is 4.79 Å². The molecule has 1 heterocycles. The van der Waals surface area contributed by atoms with Gasteiger partial charge in [0.2, 0.25) is 0 Å². The third-order valence-electron chi connectivity index (χ3n) is 4.22. The lowest BCUT2D eigenvalue weighted by molar-refractivity contribution is -0.917. The van der Waals surface area contributed by atoms with Crippen LogP contribution in [0, 0.1) is 5.82 Å². The van der Waals surface area contributed by atoms with Gasteiger partial charge in [0.25, 0.3) is 5.91 Å². The second kappa shape index (κ2) is 7.23. The molecule has 1 N–H and O–H groups in total. The first kappa shape index (κ1) is 16.1. The highest BCUT2D eigenvalue weighted by Crippen LogP contribution is 2.17. The fraction of sp³-hybridized carbons (Fsp3) is 0.278. The number of carbonyl (C=O) groups is 1. The third-order valence-corrected chi connectivity index (χ3v) is 4.71. The highest BCUT2D eigenvalue weighted by molar-refractivity contribution is 9.10. The number of nitrogens with zero attached hydrogens (tertiary/aromatic N) is 1. The van der Waals surface area contributed by atoms with E-state index in [0.29, 0.717) is 17.6 Å². The Morgan fingerprint density at radius 3 is 2.48 bits per heavy atom. The predicted molar refractivity (Wildman–Crippen MR) is 90.8 cm³/mol. The molecule has 3 nitrogen and oxygen atoms in total. The standard InChI is InChI=1S/C18H18BrFN2O/c19-15-6-7-16(17(20)12-15)18(23)22-10-8-21(9-11-22)13-14-4-2-1-3-5-14/h1-7,12H,8-11,13H2/p+1. The van der Waals surface area contributed by atoms with Gasteiger partial charge in [0.15, 0.2) is 0 Å². The van der Waals surface area contributed by atoms with E-state index >= 15 is 0 Å². The Kier molecular flexibility index (Phi) is 5.08. The van der Waals surface area contributed by atoms with Gasteiger partial charge < -0.3 is 9.80 Å². The maximum absolute atomic E-state index is 13.9. The number of rotatable bonds is 3. The summed E-state index contributed by atoms with van der Waals surface area (Å²) < 4.78 is 14.6. The van der Waals surface area contributed by atoms with Gasteiger partial charge in [0.1, 0.15) is 12.4 Å². The number of halogens is 2. The van der Waals surface area contributed by atoms with Gasteiger partial charge in [-0.05, 0) is 18.2 Å². The molecule has 5 heteroatoms. The Labute approximate surface area is 143 Å². The van der Waals surface area contributed by atoms with Crippen LogP contribution in [0.3, 0.4) is 0 Å². The van der Waals surface area contributed by atoms with Gasteiger partial charge in [-0.25, -0.2) is 4.39 Å². The van der Waals surface area contributed by atoms with Crippen molar-refractivity contribution in [2.45, 2.75) is 6.54 Å². The van der Waals surface area contributed by atoms with Crippen LogP contribution in [-0.4, -0.2) is 37.0 Å². The Balaban J connectivity index is 1.59. The van der Waals surface area contributed by atoms with E-state index in [2.05, 4.69) is 28.1 Å². The molecule has 0 aliphatic carbocycles. The van der Waals surface area contributed by atoms with Crippen LogP contribution in [0.5, 0.6) is 0 Å². The average molecular weight is 378 g/mol. The number of amides is 1. The van der Waals surface area contributed by atoms with Crippen molar-refractivity contribution >= 4 is 21.8 Å². The summed E-state index contributed by atoms with van der Waals surface area (Å²) in [7, 11) is 0. The van der Waals surface area contributed by atoms with Crippen molar-refractivity contribution in [3.63, 3.8) is 0 Å². The first-order valence-corrected chi connectivity index (χ1v) is 8.54. The van der Waals surface area contributed by atoms with Gasteiger partial charge >= 0.3 is 0 Å². The molecule has 2 aromatic rings. The van der Waals surface area contributed by atoms with E-state index in [1.807, 2.05) is 18.2 Å². The van der Waals surface area contributed by atoms with Crippen molar-refractivity contribution in [1.82, 2.24) is 4.90 Å². The van der Waals surface area contributed by atoms with E-state index in [1.54, 1.807) is 17.0 Å². The average Bonchev–Trinajstić information content (AvgIpc) is 2.56. The molecule has 0 bridgehead atoms. The highest BCUT2D eigenvalue weighted by Gasteiger charge is 2.26. The second-order valence-electron chi connectivity index (χ2n) is 5.83. The summed E-state index contributed by atoms with van der Waals surface area (Å²) in [6.07, 6.45) is 0. The van der Waals surface area contributed by atoms with Gasteiger partial charge in [-0.15, -0.1) is 0 Å². The van der Waals surface area contributed by atoms with Crippen molar-refractivity contribution in [3.8, 4) is 0 Å². The second-order valence-corrected chi connectivity index (χ2v) is 6.74. The molecular weight excluding hydrogens is 359 g/mol. The lowest BCUT2D eigenvalue weighted by atomic mass is 10.1. The molecule has 0 atom stereocenters. The van der Waals surface area contributed by atoms with Crippen molar-refractivity contribution in [2.24, 2.45) is 0 Å². The van der Waals surface area contributed by atoms with Crippen LogP contribution in [0.15, 0.2) is 53.0 Å². The third kappa shape index (κ3) is 3.98. The summed E-state index contributed by atoms with van der Waals surface area (Å²) in [5.41, 5.74) is 1.46. The molecule has 1 amide bonds. The number of nitrogens with one attached hydrogen (secondary N) is 1. The molecule has 1 aliphatic rings. The van der Waals surface area contributed by atoms with Crippen LogP contribution in [0.25, 0.3) is 0 Å². The number of hydrogen-bond donors (Lipinski definition) is 1. The molecule has 1 saturated heterocycles. The smallest absolute Gasteiger partial charge is 0.257 e. The van der Waals surface area contributed by atoms with Gasteiger partial charge in [0.05, 0.1) is 31.7 Å². The summed E-state index contributed by atoms with van der Waals surface area (Å²) in [6.45, 7) is 4.07. The fourth-order valence-electron chi connectivity index (χ4n) is 2.92. The fourth-order valence-corrected chi connectivity index (χ4v) is 3.25. The van der Waals surface area contributed by atoms with Crippen LogP contribution in [0.4, 0.5) is 4.39 Å². The van der Waals surface area contributed by atoms with Crippen molar-refractivity contribution in [1.29, 1.82) is 0 Å². The van der Waals surface area contributed by atoms with Gasteiger partial charge in [-0.2, -0.15) is 0 Å². The quantitative estimate of drug-likeness (QED) is 0.870. The number of carbonyl (C=O) groups excluding carboxylic acids is 1. The molecule has 0 unspecified atom stereocenters. The van der Waals surface area contributed by atoms with E-state index in [4.69, 9.17) is 0 Å². The molecule has 120 valence electrons. The van der Waals surface area contributed by atoms with Crippen LogP contribution in [0.2, 0.25) is 0 Å². The molecule has 1 aliphatic heterocycles. The molecule has 0 aromatic heterocycles. The van der Waals surface area contributed by atoms with Crippen LogP contribution in [-0.2, 0) is 6.54 Å². The number of benzene rings is 2. The topological polar surface area (TPSA) is 24.8 Å². The Morgan fingerprint density at radius 2 is 1.83 bits per heavy atom. The predicted octanol–water partition coefficient (Wildman–Crippen LogP) is 2.13. The molecule has 0 saturated carbocycles. The first-order chi connectivity index (χ1) is 11.1. The SMILES string of the molecule is O=C(c1ccc(Br)cc1F)N1CC[NH+](Cc2ccccc2)CC1. The molecule has 2 aromatic carbocycles. The van der Waals surface area contributed by atoms with Crippen LogP contribution >= 0.6 is 15.9 Å². The lowest BCUT2D eigenvalue weighted by Gasteiger charge is -2.32. The number of piperazine rings is 1. The Hall–Kier alpha value is -1.72. The van der Waals surface area contributed by atoms with E-state index in [1.165, 1.54) is 16.5 Å². The zero-order valence-corrected chi connectivity index (χ0v) is 14.4. The van der Waals surface area contributed by atoms with E-state index in [0.717, 1.165) is 19.6 Å². The Bertz CT molecular complexity index is 685. The summed E-state index contributed by atoms with van der Waals surface area (Å²) in [6, 6.07) is 14.9. The van der Waals surface area contributed by atoms with E-state index in [9.17, 15) is 9.18 Å². The molecule has 23 heavy (non-hydrogen) atoms. The normalized spacial score (nSPS) is 15.7. The molecule has 0 radical (unpaired) electrons. The zero-order chi connectivity index (χ0) is 16.2. The highest BCUT2D eigenvalue weighted by atomic mass is 79.9. The molecule has 0 spiro atoms. The summed E-state index contributed by atoms with van der Waals surface area (Å²) >= 11 is 3.21. The number of hydrogen-bond acceptors (Lipinski definition) is 1. The van der Waals surface area contributed by atoms with Gasteiger partial charge in [0, 0.05) is 10.0 Å². The molecule has 3 rings (SSSR count). The Morgan fingerprint density at radius 1 is 1.13 bits per heavy atom. The number of quaternary nitrogens is 1. The summed E-state index contributed by atoms with van der Waals surface area (Å²) in [5, 5.41) is 0. The maximum Gasteiger partial charge on any atom is 0.257 e. The largest absolute Gasteiger partial charge is 0.328 e. The minimum Gasteiger partial charge on any atom is -0.328 e. The van der Waals surface area contributed by atoms with Crippen LogP contribution < -0.4 is 4.90 Å². The summed E-state index contributed by atoms with van der Waals surface area (Å²) in [4.78, 5) is 15.7. The minimum absolute atomic E-state index is 0.153. The minimum atomic E-state index is -0.469. The molecular formula is C18H19BrFN2O+. The monoisotopic (exact) mass is 377 g/mol. The first-order valence-electron chi connectivity index (χ1n) is 7.75. The zero-order valence-electron chi connectivity index (χ0n) is 12.8. The molecule has 1 fully saturated rings. The van der Waals surface area contributed by atoms with Crippen LogP contribution in [0.1, 0.15) is 15.9 Å². The van der Waals surface area contributed by atoms with Crippen molar-refractivity contribution in [3.05, 3.63) is 69.9 Å². The maximum atomic E-state index is 13.9. The van der Waals surface area contributed by atoms with Crippen molar-refractivity contribution in [2.75, 3.05) is 26.2 Å². The van der Waals surface area contributed by atoms with Crippen molar-refractivity contribution < 1.29 is 14.1 Å². The van der Waals surface area contributed by atoms with Gasteiger partial charge in [-0.1, -0.05) is 46.3 Å². The van der Waals surface area contributed by atoms with E-state index < -0.39 is 5.82 Å².